The molecule has 0 aromatic rings. The van der Waals surface area contributed by atoms with Crippen molar-refractivity contribution in [2.75, 3.05) is 20.6 Å². The maximum Gasteiger partial charge on any atom is 0.244 e. The third kappa shape index (κ3) is 3.69. The molecule has 0 aromatic heterocycles. The topological polar surface area (TPSA) is 35.6 Å². The highest BCUT2D eigenvalue weighted by Crippen LogP contribution is 2.28. The van der Waals surface area contributed by atoms with Crippen LogP contribution in [0.1, 0.15) is 53.4 Å². The van der Waals surface area contributed by atoms with Gasteiger partial charge in [0, 0.05) is 6.04 Å². The molecule has 3 unspecified atom stereocenters. The first-order valence-corrected chi connectivity index (χ1v) is 7.61. The molecule has 4 nitrogen and oxygen atoms in total. The molecule has 19 heavy (non-hydrogen) atoms. The van der Waals surface area contributed by atoms with E-state index in [1.807, 2.05) is 6.92 Å². The Kier molecular flexibility index (Phi) is 5.81. The molecular formula is C15H31N3O. The molecule has 0 spiro atoms. The summed E-state index contributed by atoms with van der Waals surface area (Å²) in [5, 5.41) is 3.55. The lowest BCUT2D eigenvalue weighted by atomic mass is 9.99. The quantitative estimate of drug-likeness (QED) is 0.768. The van der Waals surface area contributed by atoms with Crippen LogP contribution in [0.4, 0.5) is 0 Å². The molecule has 1 saturated heterocycles. The number of carbonyl (C=O) groups is 1. The van der Waals surface area contributed by atoms with Crippen molar-refractivity contribution in [3.05, 3.63) is 0 Å². The minimum absolute atomic E-state index is 0.208. The van der Waals surface area contributed by atoms with Crippen LogP contribution in [0.15, 0.2) is 0 Å². The average Bonchev–Trinajstić information content (AvgIpc) is 2.60. The molecule has 0 aliphatic carbocycles. The van der Waals surface area contributed by atoms with E-state index in [1.54, 1.807) is 0 Å². The maximum atomic E-state index is 12.7. The molecule has 1 heterocycles. The number of carbonyl (C=O) groups excluding carboxylic acids is 1. The van der Waals surface area contributed by atoms with Crippen LogP contribution in [0.5, 0.6) is 0 Å². The van der Waals surface area contributed by atoms with E-state index in [1.165, 1.54) is 0 Å². The van der Waals surface area contributed by atoms with Crippen molar-refractivity contribution < 1.29 is 4.79 Å². The van der Waals surface area contributed by atoms with Crippen molar-refractivity contribution >= 4 is 5.91 Å². The first kappa shape index (κ1) is 16.4. The van der Waals surface area contributed by atoms with Gasteiger partial charge in [0.1, 0.15) is 0 Å². The monoisotopic (exact) mass is 269 g/mol. The van der Waals surface area contributed by atoms with E-state index in [-0.39, 0.29) is 17.6 Å². The first-order valence-electron chi connectivity index (χ1n) is 7.61. The number of rotatable bonds is 7. The molecule has 1 N–H and O–H groups in total. The number of nitrogens with zero attached hydrogens (tertiary/aromatic N) is 2. The largest absolute Gasteiger partial charge is 0.323 e. The Hall–Kier alpha value is -0.610. The molecule has 1 amide bonds. The Balaban J connectivity index is 2.78. The van der Waals surface area contributed by atoms with E-state index >= 15 is 0 Å². The van der Waals surface area contributed by atoms with Gasteiger partial charge >= 0.3 is 0 Å². The Morgan fingerprint density at radius 1 is 1.42 bits per heavy atom. The second-order valence-electron chi connectivity index (χ2n) is 6.29. The second kappa shape index (κ2) is 6.71. The summed E-state index contributed by atoms with van der Waals surface area (Å²) in [6.07, 6.45) is 4.22. The molecule has 4 heteroatoms. The Labute approximate surface area is 118 Å². The van der Waals surface area contributed by atoms with Crippen molar-refractivity contribution in [2.45, 2.75) is 71.1 Å². The summed E-state index contributed by atoms with van der Waals surface area (Å²) in [5.41, 5.74) is -0.369. The summed E-state index contributed by atoms with van der Waals surface area (Å²) in [6, 6.07) is 0.298. The van der Waals surface area contributed by atoms with E-state index in [0.717, 1.165) is 32.2 Å². The maximum absolute atomic E-state index is 12.7. The lowest BCUT2D eigenvalue weighted by Gasteiger charge is -2.31. The lowest BCUT2D eigenvalue weighted by Crippen LogP contribution is -2.45. The Bertz CT molecular complexity index is 306. The average molecular weight is 269 g/mol. The van der Waals surface area contributed by atoms with Gasteiger partial charge in [-0.25, -0.2) is 0 Å². The summed E-state index contributed by atoms with van der Waals surface area (Å²) in [4.78, 5) is 17.0. The minimum atomic E-state index is -0.369. The van der Waals surface area contributed by atoms with E-state index in [0.29, 0.717) is 6.04 Å². The third-order valence-corrected chi connectivity index (χ3v) is 4.27. The molecule has 1 rings (SSSR count). The van der Waals surface area contributed by atoms with Gasteiger partial charge in [0.25, 0.3) is 0 Å². The summed E-state index contributed by atoms with van der Waals surface area (Å²) in [5.74, 6) is 0.278. The molecule has 1 aliphatic heterocycles. The predicted octanol–water partition coefficient (Wildman–Crippen LogP) is 2.05. The lowest BCUT2D eigenvalue weighted by molar-refractivity contribution is -0.135. The van der Waals surface area contributed by atoms with Crippen LogP contribution in [-0.4, -0.2) is 54.1 Å². The predicted molar refractivity (Wildman–Crippen MR) is 80.0 cm³/mol. The SMILES string of the molecule is CCCC1NC(C)(CC)C(=O)N1C(C)CCN(C)C. The zero-order chi connectivity index (χ0) is 14.6. The standard InChI is InChI=1S/C15H31N3O/c1-7-9-13-16-15(4,8-2)14(19)18(13)12(3)10-11-17(5)6/h12-13,16H,7-11H2,1-6H3. The third-order valence-electron chi connectivity index (χ3n) is 4.27. The molecular weight excluding hydrogens is 238 g/mol. The van der Waals surface area contributed by atoms with Gasteiger partial charge in [0.05, 0.1) is 11.7 Å². The fraction of sp³-hybridized carbons (Fsp3) is 0.933. The van der Waals surface area contributed by atoms with E-state index in [4.69, 9.17) is 0 Å². The zero-order valence-electron chi connectivity index (χ0n) is 13.5. The Morgan fingerprint density at radius 2 is 2.05 bits per heavy atom. The van der Waals surface area contributed by atoms with E-state index < -0.39 is 0 Å². The second-order valence-corrected chi connectivity index (χ2v) is 6.29. The number of hydrogen-bond donors (Lipinski definition) is 1. The van der Waals surface area contributed by atoms with Crippen molar-refractivity contribution in [2.24, 2.45) is 0 Å². The Morgan fingerprint density at radius 3 is 2.53 bits per heavy atom. The molecule has 0 radical (unpaired) electrons. The van der Waals surface area contributed by atoms with Crippen molar-refractivity contribution in [3.8, 4) is 0 Å². The highest BCUT2D eigenvalue weighted by molar-refractivity contribution is 5.88. The number of hydrogen-bond acceptors (Lipinski definition) is 3. The molecule has 0 aromatic carbocycles. The van der Waals surface area contributed by atoms with Gasteiger partial charge in [-0.1, -0.05) is 20.3 Å². The number of nitrogens with one attached hydrogen (secondary N) is 1. The van der Waals surface area contributed by atoms with Crippen molar-refractivity contribution in [1.82, 2.24) is 15.1 Å². The van der Waals surface area contributed by atoms with Crippen LogP contribution >= 0.6 is 0 Å². The summed E-state index contributed by atoms with van der Waals surface area (Å²) in [7, 11) is 4.16. The van der Waals surface area contributed by atoms with Crippen LogP contribution in [-0.2, 0) is 4.79 Å². The minimum Gasteiger partial charge on any atom is -0.323 e. The van der Waals surface area contributed by atoms with Crippen LogP contribution in [0.3, 0.4) is 0 Å². The van der Waals surface area contributed by atoms with Gasteiger partial charge in [-0.05, 0) is 53.8 Å². The van der Waals surface area contributed by atoms with E-state index in [2.05, 4.69) is 50.0 Å². The van der Waals surface area contributed by atoms with Gasteiger partial charge in [0.15, 0.2) is 0 Å². The smallest absolute Gasteiger partial charge is 0.244 e. The molecule has 3 atom stereocenters. The van der Waals surface area contributed by atoms with Crippen LogP contribution < -0.4 is 5.32 Å². The molecule has 0 bridgehead atoms. The molecule has 0 saturated carbocycles. The van der Waals surface area contributed by atoms with Gasteiger partial charge in [-0.2, -0.15) is 0 Å². The fourth-order valence-electron chi connectivity index (χ4n) is 2.75. The summed E-state index contributed by atoms with van der Waals surface area (Å²) >= 11 is 0. The highest BCUT2D eigenvalue weighted by Gasteiger charge is 2.47. The fourth-order valence-corrected chi connectivity index (χ4v) is 2.75. The first-order chi connectivity index (χ1) is 8.85. The number of amides is 1. The van der Waals surface area contributed by atoms with Gasteiger partial charge in [-0.3, -0.25) is 10.1 Å². The van der Waals surface area contributed by atoms with Gasteiger partial charge in [0.2, 0.25) is 5.91 Å². The van der Waals surface area contributed by atoms with Crippen LogP contribution in [0.25, 0.3) is 0 Å². The van der Waals surface area contributed by atoms with Gasteiger partial charge < -0.3 is 9.80 Å². The summed E-state index contributed by atoms with van der Waals surface area (Å²) < 4.78 is 0. The highest BCUT2D eigenvalue weighted by atomic mass is 16.2. The van der Waals surface area contributed by atoms with E-state index in [9.17, 15) is 4.79 Å². The molecule has 1 fully saturated rings. The van der Waals surface area contributed by atoms with Crippen LogP contribution in [0, 0.1) is 0 Å². The van der Waals surface area contributed by atoms with Crippen LogP contribution in [0.2, 0.25) is 0 Å². The summed E-state index contributed by atoms with van der Waals surface area (Å²) in [6.45, 7) is 9.49. The van der Waals surface area contributed by atoms with Crippen molar-refractivity contribution in [1.29, 1.82) is 0 Å². The molecule has 1 aliphatic rings. The van der Waals surface area contributed by atoms with Gasteiger partial charge in [-0.15, -0.1) is 0 Å². The normalized spacial score (nSPS) is 29.3. The zero-order valence-corrected chi connectivity index (χ0v) is 13.5. The van der Waals surface area contributed by atoms with Crippen molar-refractivity contribution in [3.63, 3.8) is 0 Å². The molecule has 112 valence electrons.